The highest BCUT2D eigenvalue weighted by atomic mass is 35.5. The summed E-state index contributed by atoms with van der Waals surface area (Å²) < 4.78 is 1.15. The molecule has 6 heteroatoms. The molecule has 0 atom stereocenters. The normalized spacial score (nSPS) is 11.0. The van der Waals surface area contributed by atoms with Crippen LogP contribution in [0.1, 0.15) is 10.6 Å². The Morgan fingerprint density at radius 1 is 1.10 bits per heavy atom. The number of anilines is 1. The first-order chi connectivity index (χ1) is 10.0. The van der Waals surface area contributed by atoms with E-state index in [4.69, 9.17) is 34.8 Å². The molecule has 0 radical (unpaired) electrons. The Kier molecular flexibility index (Phi) is 4.27. The zero-order valence-corrected chi connectivity index (χ0v) is 14.2. The zero-order chi connectivity index (χ0) is 15.0. The second-order valence-electron chi connectivity index (χ2n) is 4.59. The summed E-state index contributed by atoms with van der Waals surface area (Å²) in [4.78, 5) is 4.44. The molecule has 0 unspecified atom stereocenters. The molecule has 0 saturated heterocycles. The van der Waals surface area contributed by atoms with E-state index in [-0.39, 0.29) is 0 Å². The molecular formula is C15H11Cl3N2S. The van der Waals surface area contributed by atoms with E-state index in [1.54, 1.807) is 23.5 Å². The number of nitrogens with one attached hydrogen (secondary N) is 1. The van der Waals surface area contributed by atoms with Crippen molar-refractivity contribution in [3.05, 3.63) is 56.0 Å². The summed E-state index contributed by atoms with van der Waals surface area (Å²) in [5.74, 6) is 0. The van der Waals surface area contributed by atoms with Crippen molar-refractivity contribution in [3.8, 4) is 0 Å². The van der Waals surface area contributed by atoms with Gasteiger partial charge in [-0.3, -0.25) is 0 Å². The van der Waals surface area contributed by atoms with Gasteiger partial charge in [-0.05, 0) is 37.3 Å². The predicted octanol–water partition coefficient (Wildman–Crippen LogP) is 6.18. The molecule has 108 valence electrons. The van der Waals surface area contributed by atoms with Crippen LogP contribution in [0.4, 0.5) is 5.69 Å². The Labute approximate surface area is 141 Å². The molecule has 3 aromatic rings. The largest absolute Gasteiger partial charge is 0.381 e. The molecule has 0 aliphatic carbocycles. The van der Waals surface area contributed by atoms with E-state index in [1.807, 2.05) is 19.1 Å². The summed E-state index contributed by atoms with van der Waals surface area (Å²) in [7, 11) is 0. The molecule has 1 heterocycles. The van der Waals surface area contributed by atoms with Gasteiger partial charge < -0.3 is 5.32 Å². The molecule has 0 spiro atoms. The first kappa shape index (κ1) is 14.9. The SMILES string of the molecule is Cc1nc2ccc(NCc3c(Cl)ccc(Cl)c3Cl)cc2s1. The van der Waals surface area contributed by atoms with Crippen molar-refractivity contribution in [2.75, 3.05) is 5.32 Å². The highest BCUT2D eigenvalue weighted by Gasteiger charge is 2.10. The quantitative estimate of drug-likeness (QED) is 0.566. The Bertz CT molecular complexity index is 814. The third kappa shape index (κ3) is 3.11. The van der Waals surface area contributed by atoms with E-state index in [1.165, 1.54) is 0 Å². The molecule has 0 amide bonds. The van der Waals surface area contributed by atoms with Gasteiger partial charge in [0.15, 0.2) is 0 Å². The van der Waals surface area contributed by atoms with Crippen molar-refractivity contribution in [1.82, 2.24) is 4.98 Å². The smallest absolute Gasteiger partial charge is 0.0907 e. The van der Waals surface area contributed by atoms with Crippen molar-refractivity contribution in [3.63, 3.8) is 0 Å². The van der Waals surface area contributed by atoms with Crippen LogP contribution in [0.25, 0.3) is 10.2 Å². The van der Waals surface area contributed by atoms with Crippen molar-refractivity contribution in [2.24, 2.45) is 0 Å². The van der Waals surface area contributed by atoms with Crippen LogP contribution in [0.2, 0.25) is 15.1 Å². The van der Waals surface area contributed by atoms with Crippen LogP contribution in [0.5, 0.6) is 0 Å². The van der Waals surface area contributed by atoms with Crippen LogP contribution in [-0.4, -0.2) is 4.98 Å². The third-order valence-corrected chi connectivity index (χ3v) is 5.23. The minimum atomic E-state index is 0.492. The van der Waals surface area contributed by atoms with Crippen LogP contribution in [0.3, 0.4) is 0 Å². The van der Waals surface area contributed by atoms with Gasteiger partial charge in [0.05, 0.1) is 25.3 Å². The summed E-state index contributed by atoms with van der Waals surface area (Å²) in [6.45, 7) is 2.52. The number of fused-ring (bicyclic) bond motifs is 1. The summed E-state index contributed by atoms with van der Waals surface area (Å²) >= 11 is 20.1. The number of benzene rings is 2. The number of nitrogens with zero attached hydrogens (tertiary/aromatic N) is 1. The number of aromatic nitrogens is 1. The van der Waals surface area contributed by atoms with E-state index in [9.17, 15) is 0 Å². The number of halogens is 3. The molecule has 2 aromatic carbocycles. The van der Waals surface area contributed by atoms with Crippen molar-refractivity contribution in [2.45, 2.75) is 13.5 Å². The van der Waals surface area contributed by atoms with Gasteiger partial charge in [0.1, 0.15) is 0 Å². The number of hydrogen-bond donors (Lipinski definition) is 1. The fraction of sp³-hybridized carbons (Fsp3) is 0.133. The molecule has 0 fully saturated rings. The van der Waals surface area contributed by atoms with Crippen LogP contribution in [0.15, 0.2) is 30.3 Å². The summed E-state index contributed by atoms with van der Waals surface area (Å²) in [6.07, 6.45) is 0. The molecule has 21 heavy (non-hydrogen) atoms. The fourth-order valence-corrected chi connectivity index (χ4v) is 3.62. The zero-order valence-electron chi connectivity index (χ0n) is 11.1. The van der Waals surface area contributed by atoms with Crippen molar-refractivity contribution in [1.29, 1.82) is 0 Å². The van der Waals surface area contributed by atoms with Gasteiger partial charge in [-0.25, -0.2) is 4.98 Å². The van der Waals surface area contributed by atoms with Gasteiger partial charge in [0.2, 0.25) is 0 Å². The second-order valence-corrected chi connectivity index (χ2v) is 7.02. The van der Waals surface area contributed by atoms with Crippen LogP contribution >= 0.6 is 46.1 Å². The van der Waals surface area contributed by atoms with Crippen molar-refractivity contribution >= 4 is 62.0 Å². The molecule has 1 N–H and O–H groups in total. The van der Waals surface area contributed by atoms with E-state index >= 15 is 0 Å². The maximum Gasteiger partial charge on any atom is 0.0907 e. The Morgan fingerprint density at radius 2 is 1.86 bits per heavy atom. The summed E-state index contributed by atoms with van der Waals surface area (Å²) in [5, 5.41) is 5.98. The van der Waals surface area contributed by atoms with E-state index in [0.717, 1.165) is 26.5 Å². The molecule has 3 rings (SSSR count). The van der Waals surface area contributed by atoms with Gasteiger partial charge in [0.25, 0.3) is 0 Å². The van der Waals surface area contributed by atoms with Crippen LogP contribution in [-0.2, 0) is 6.54 Å². The standard InChI is InChI=1S/C15H11Cl3N2S/c1-8-20-13-5-2-9(6-14(13)21-8)19-7-10-11(16)3-4-12(17)15(10)18/h2-6,19H,7H2,1H3. The number of rotatable bonds is 3. The van der Waals surface area contributed by atoms with Gasteiger partial charge in [-0.1, -0.05) is 34.8 Å². The number of hydrogen-bond acceptors (Lipinski definition) is 3. The van der Waals surface area contributed by atoms with Gasteiger partial charge in [-0.2, -0.15) is 0 Å². The monoisotopic (exact) mass is 356 g/mol. The van der Waals surface area contributed by atoms with Gasteiger partial charge >= 0.3 is 0 Å². The maximum atomic E-state index is 6.20. The molecule has 0 saturated carbocycles. The Hall–Kier alpha value is -1.000. The average molecular weight is 358 g/mol. The second kappa shape index (κ2) is 6.01. The average Bonchev–Trinajstić information content (AvgIpc) is 2.82. The lowest BCUT2D eigenvalue weighted by Gasteiger charge is -2.11. The van der Waals surface area contributed by atoms with Crippen LogP contribution in [0, 0.1) is 6.92 Å². The highest BCUT2D eigenvalue weighted by molar-refractivity contribution is 7.18. The first-order valence-electron chi connectivity index (χ1n) is 6.28. The van der Waals surface area contributed by atoms with E-state index in [2.05, 4.69) is 16.4 Å². The first-order valence-corrected chi connectivity index (χ1v) is 8.23. The van der Waals surface area contributed by atoms with Gasteiger partial charge in [-0.15, -0.1) is 11.3 Å². The van der Waals surface area contributed by atoms with Crippen LogP contribution < -0.4 is 5.32 Å². The predicted molar refractivity (Wildman–Crippen MR) is 93.2 cm³/mol. The minimum Gasteiger partial charge on any atom is -0.381 e. The molecule has 2 nitrogen and oxygen atoms in total. The Morgan fingerprint density at radius 3 is 2.67 bits per heavy atom. The highest BCUT2D eigenvalue weighted by Crippen LogP contribution is 2.32. The van der Waals surface area contributed by atoms with Gasteiger partial charge in [0, 0.05) is 22.8 Å². The summed E-state index contributed by atoms with van der Waals surface area (Å²) in [6, 6.07) is 9.52. The topological polar surface area (TPSA) is 24.9 Å². The molecule has 1 aromatic heterocycles. The number of thiazole rings is 1. The molecular weight excluding hydrogens is 347 g/mol. The lowest BCUT2D eigenvalue weighted by atomic mass is 10.2. The maximum absolute atomic E-state index is 6.20. The van der Waals surface area contributed by atoms with E-state index < -0.39 is 0 Å². The van der Waals surface area contributed by atoms with Crippen molar-refractivity contribution < 1.29 is 0 Å². The molecule has 0 bridgehead atoms. The minimum absolute atomic E-state index is 0.492. The lowest BCUT2D eigenvalue weighted by molar-refractivity contribution is 1.15. The fourth-order valence-electron chi connectivity index (χ4n) is 2.07. The summed E-state index contributed by atoms with van der Waals surface area (Å²) in [5.41, 5.74) is 2.81. The Balaban J connectivity index is 1.85. The third-order valence-electron chi connectivity index (χ3n) is 3.10. The molecule has 0 aliphatic heterocycles. The lowest BCUT2D eigenvalue weighted by Crippen LogP contribution is -2.01. The molecule has 0 aliphatic rings. The number of aryl methyl sites for hydroxylation is 1. The van der Waals surface area contributed by atoms with E-state index in [0.29, 0.717) is 21.6 Å².